The molecule has 1 aliphatic heterocycles. The van der Waals surface area contributed by atoms with Crippen LogP contribution in [0.1, 0.15) is 28.9 Å². The molecule has 1 unspecified atom stereocenters. The van der Waals surface area contributed by atoms with Crippen LogP contribution in [-0.4, -0.2) is 51.7 Å². The normalized spacial score (nSPS) is 16.7. The number of rotatable bonds is 5. The van der Waals surface area contributed by atoms with Gasteiger partial charge in [0.1, 0.15) is 5.69 Å². The summed E-state index contributed by atoms with van der Waals surface area (Å²) in [7, 11) is 1.83. The summed E-state index contributed by atoms with van der Waals surface area (Å²) in [6.07, 6.45) is 5.85. The van der Waals surface area contributed by atoms with Crippen LogP contribution in [0.3, 0.4) is 0 Å². The fourth-order valence-corrected chi connectivity index (χ4v) is 3.10. The number of aromatic nitrogens is 2. The van der Waals surface area contributed by atoms with Gasteiger partial charge in [0.25, 0.3) is 5.91 Å². The van der Waals surface area contributed by atoms with E-state index in [0.717, 1.165) is 12.0 Å². The van der Waals surface area contributed by atoms with E-state index in [1.54, 1.807) is 16.0 Å². The van der Waals surface area contributed by atoms with E-state index in [1.807, 2.05) is 37.4 Å². The molecule has 0 saturated carbocycles. The van der Waals surface area contributed by atoms with Crippen LogP contribution in [-0.2, 0) is 11.3 Å². The minimum absolute atomic E-state index is 0.110. The Morgan fingerprint density at radius 2 is 2.04 bits per heavy atom. The molecule has 1 aromatic heterocycles. The topological polar surface area (TPSA) is 66.4 Å². The van der Waals surface area contributed by atoms with Gasteiger partial charge in [0.15, 0.2) is 0 Å². The van der Waals surface area contributed by atoms with Crippen molar-refractivity contribution in [1.82, 2.24) is 19.8 Å². The number of carbonyl (C=O) groups is 2. The molecule has 1 fully saturated rings. The predicted molar refractivity (Wildman–Crippen MR) is 93.6 cm³/mol. The average Bonchev–Trinajstić information content (AvgIpc) is 3.11. The van der Waals surface area contributed by atoms with E-state index >= 15 is 0 Å². The average molecular weight is 338 g/mol. The van der Waals surface area contributed by atoms with Crippen molar-refractivity contribution >= 4 is 11.8 Å². The molecule has 6 nitrogen and oxygen atoms in total. The molecule has 0 radical (unpaired) electrons. The van der Waals surface area contributed by atoms with Crippen LogP contribution in [0.4, 0.5) is 0 Å². The van der Waals surface area contributed by atoms with Crippen molar-refractivity contribution in [3.8, 4) is 0 Å². The Balaban J connectivity index is 1.51. The first-order valence-electron chi connectivity index (χ1n) is 8.46. The van der Waals surface area contributed by atoms with Gasteiger partial charge in [0, 0.05) is 45.5 Å². The molecule has 2 aromatic rings. The van der Waals surface area contributed by atoms with E-state index < -0.39 is 0 Å². The third-order valence-corrected chi connectivity index (χ3v) is 4.51. The molecular formula is C19H22N4O2. The highest BCUT2D eigenvalue weighted by Gasteiger charge is 2.29. The Hall–Kier alpha value is -2.76. The molecule has 3 rings (SSSR count). The first-order valence-corrected chi connectivity index (χ1v) is 8.46. The molecule has 2 heterocycles. The number of hydrogen-bond donors (Lipinski definition) is 0. The first kappa shape index (κ1) is 17.1. The third-order valence-electron chi connectivity index (χ3n) is 4.51. The van der Waals surface area contributed by atoms with Crippen LogP contribution < -0.4 is 0 Å². The lowest BCUT2D eigenvalue weighted by Crippen LogP contribution is -2.31. The molecule has 1 aromatic carbocycles. The second kappa shape index (κ2) is 7.88. The van der Waals surface area contributed by atoms with Crippen LogP contribution >= 0.6 is 0 Å². The van der Waals surface area contributed by atoms with Crippen molar-refractivity contribution in [2.24, 2.45) is 5.92 Å². The summed E-state index contributed by atoms with van der Waals surface area (Å²) in [6.45, 7) is 1.87. The van der Waals surface area contributed by atoms with E-state index in [4.69, 9.17) is 0 Å². The van der Waals surface area contributed by atoms with Gasteiger partial charge >= 0.3 is 0 Å². The molecule has 0 spiro atoms. The lowest BCUT2D eigenvalue weighted by atomic mass is 10.0. The van der Waals surface area contributed by atoms with E-state index in [-0.39, 0.29) is 17.7 Å². The van der Waals surface area contributed by atoms with E-state index in [9.17, 15) is 9.59 Å². The van der Waals surface area contributed by atoms with Crippen molar-refractivity contribution < 1.29 is 9.59 Å². The van der Waals surface area contributed by atoms with Gasteiger partial charge in [-0.3, -0.25) is 14.6 Å². The summed E-state index contributed by atoms with van der Waals surface area (Å²) in [5.74, 6) is 0.203. The van der Waals surface area contributed by atoms with E-state index in [0.29, 0.717) is 31.7 Å². The summed E-state index contributed by atoms with van der Waals surface area (Å²) in [5.41, 5.74) is 1.47. The van der Waals surface area contributed by atoms with E-state index in [2.05, 4.69) is 9.97 Å². The molecule has 2 amide bonds. The van der Waals surface area contributed by atoms with Crippen LogP contribution in [0.15, 0.2) is 48.9 Å². The summed E-state index contributed by atoms with van der Waals surface area (Å²) >= 11 is 0. The highest BCUT2D eigenvalue weighted by atomic mass is 16.2. The third kappa shape index (κ3) is 4.41. The van der Waals surface area contributed by atoms with Gasteiger partial charge in [-0.05, 0) is 17.9 Å². The number of likely N-dealkylation sites (tertiary alicyclic amines) is 1. The summed E-state index contributed by atoms with van der Waals surface area (Å²) in [4.78, 5) is 36.3. The molecule has 6 heteroatoms. The molecule has 1 aliphatic rings. The number of carbonyl (C=O) groups excluding carboxylic acids is 2. The monoisotopic (exact) mass is 338 g/mol. The largest absolute Gasteiger partial charge is 0.341 e. The van der Waals surface area contributed by atoms with Gasteiger partial charge in [0.05, 0.1) is 6.20 Å². The smallest absolute Gasteiger partial charge is 0.274 e. The van der Waals surface area contributed by atoms with Crippen molar-refractivity contribution in [3.05, 3.63) is 60.2 Å². The molecule has 130 valence electrons. The number of hydrogen-bond acceptors (Lipinski definition) is 4. The van der Waals surface area contributed by atoms with E-state index in [1.165, 1.54) is 12.4 Å². The minimum atomic E-state index is -0.110. The summed E-state index contributed by atoms with van der Waals surface area (Å²) < 4.78 is 0. The van der Waals surface area contributed by atoms with Crippen molar-refractivity contribution in [2.45, 2.75) is 19.4 Å². The first-order chi connectivity index (χ1) is 12.1. The van der Waals surface area contributed by atoms with Gasteiger partial charge in [0.2, 0.25) is 5.91 Å². The predicted octanol–water partition coefficient (Wildman–Crippen LogP) is 1.99. The molecule has 1 saturated heterocycles. The van der Waals surface area contributed by atoms with Crippen molar-refractivity contribution in [1.29, 1.82) is 0 Å². The highest BCUT2D eigenvalue weighted by Crippen LogP contribution is 2.22. The van der Waals surface area contributed by atoms with Gasteiger partial charge < -0.3 is 9.80 Å². The van der Waals surface area contributed by atoms with Crippen molar-refractivity contribution in [2.75, 3.05) is 20.1 Å². The SMILES string of the molecule is CN(Cc1ccccc1)C(=O)CC1CCN(C(=O)c2cnccn2)C1. The lowest BCUT2D eigenvalue weighted by Gasteiger charge is -2.20. The Morgan fingerprint density at radius 3 is 2.76 bits per heavy atom. The van der Waals surface area contributed by atoms with Gasteiger partial charge in [-0.2, -0.15) is 0 Å². The second-order valence-electron chi connectivity index (χ2n) is 6.44. The van der Waals surface area contributed by atoms with Gasteiger partial charge in [-0.1, -0.05) is 30.3 Å². The highest BCUT2D eigenvalue weighted by molar-refractivity contribution is 5.92. The fourth-order valence-electron chi connectivity index (χ4n) is 3.10. The fraction of sp³-hybridized carbons (Fsp3) is 0.368. The quantitative estimate of drug-likeness (QED) is 0.836. The zero-order valence-electron chi connectivity index (χ0n) is 14.3. The summed E-state index contributed by atoms with van der Waals surface area (Å²) in [6, 6.07) is 9.94. The number of benzene rings is 1. The maximum absolute atomic E-state index is 12.5. The molecule has 0 bridgehead atoms. The number of amides is 2. The number of nitrogens with zero attached hydrogens (tertiary/aromatic N) is 4. The molecular weight excluding hydrogens is 316 g/mol. The molecule has 1 atom stereocenters. The Labute approximate surface area is 147 Å². The maximum atomic E-state index is 12.5. The zero-order valence-corrected chi connectivity index (χ0v) is 14.3. The zero-order chi connectivity index (χ0) is 17.6. The Morgan fingerprint density at radius 1 is 1.24 bits per heavy atom. The molecule has 25 heavy (non-hydrogen) atoms. The standard InChI is InChI=1S/C19H22N4O2/c1-22(13-15-5-3-2-4-6-15)18(24)11-16-7-10-23(14-16)19(25)17-12-20-8-9-21-17/h2-6,8-9,12,16H,7,10-11,13-14H2,1H3. The van der Waals surface area contributed by atoms with Gasteiger partial charge in [-0.15, -0.1) is 0 Å². The van der Waals surface area contributed by atoms with Crippen LogP contribution in [0, 0.1) is 5.92 Å². The van der Waals surface area contributed by atoms with Crippen LogP contribution in [0.25, 0.3) is 0 Å². The minimum Gasteiger partial charge on any atom is -0.341 e. The maximum Gasteiger partial charge on any atom is 0.274 e. The second-order valence-corrected chi connectivity index (χ2v) is 6.44. The molecule has 0 N–H and O–H groups in total. The van der Waals surface area contributed by atoms with Crippen molar-refractivity contribution in [3.63, 3.8) is 0 Å². The Kier molecular flexibility index (Phi) is 5.38. The lowest BCUT2D eigenvalue weighted by molar-refractivity contribution is -0.131. The molecule has 0 aliphatic carbocycles. The Bertz CT molecular complexity index is 721. The summed E-state index contributed by atoms with van der Waals surface area (Å²) in [5, 5.41) is 0. The van der Waals surface area contributed by atoms with Crippen LogP contribution in [0.2, 0.25) is 0 Å². The van der Waals surface area contributed by atoms with Crippen LogP contribution in [0.5, 0.6) is 0 Å². The van der Waals surface area contributed by atoms with Gasteiger partial charge in [-0.25, -0.2) is 4.98 Å².